The van der Waals surface area contributed by atoms with Crippen molar-refractivity contribution in [3.63, 3.8) is 0 Å². The molecule has 1 amide bonds. The number of nitrogens with one attached hydrogen (secondary N) is 2. The van der Waals surface area contributed by atoms with Gasteiger partial charge in [-0.2, -0.15) is 0 Å². The van der Waals surface area contributed by atoms with Crippen LogP contribution in [0.15, 0.2) is 15.9 Å². The Bertz CT molecular complexity index is 800. The van der Waals surface area contributed by atoms with Gasteiger partial charge in [0.25, 0.3) is 5.56 Å². The van der Waals surface area contributed by atoms with Crippen molar-refractivity contribution < 1.29 is 4.79 Å². The van der Waals surface area contributed by atoms with Crippen molar-refractivity contribution in [3.05, 3.63) is 27.2 Å². The fourth-order valence-corrected chi connectivity index (χ4v) is 2.23. The molecule has 120 valence electrons. The zero-order valence-corrected chi connectivity index (χ0v) is 12.9. The first kappa shape index (κ1) is 16.0. The number of carbonyl (C=O) groups excluding carboxylic acids is 1. The first-order valence-electron chi connectivity index (χ1n) is 6.99. The fourth-order valence-electron chi connectivity index (χ4n) is 2.23. The summed E-state index contributed by atoms with van der Waals surface area (Å²) in [7, 11) is 5.02. The third-order valence-electron chi connectivity index (χ3n) is 3.43. The van der Waals surface area contributed by atoms with Crippen LogP contribution in [0.25, 0.3) is 11.2 Å². The minimum Gasteiger partial charge on any atom is -0.354 e. The van der Waals surface area contributed by atoms with Gasteiger partial charge in [-0.1, -0.05) is 0 Å². The monoisotopic (exact) mass is 308 g/mol. The van der Waals surface area contributed by atoms with E-state index in [1.165, 1.54) is 17.9 Å². The molecule has 0 saturated heterocycles. The summed E-state index contributed by atoms with van der Waals surface area (Å²) in [5.74, 6) is -0.364. The molecule has 0 aliphatic heterocycles. The van der Waals surface area contributed by atoms with Crippen LogP contribution in [0.5, 0.6) is 0 Å². The van der Waals surface area contributed by atoms with Crippen LogP contribution in [-0.4, -0.2) is 44.7 Å². The zero-order valence-electron chi connectivity index (χ0n) is 12.9. The SMILES string of the molecule is CNCCCNC(=O)Cn1c(=O)c2c(ncn2C)n(C)c1=O. The highest BCUT2D eigenvalue weighted by atomic mass is 16.2. The molecule has 0 aromatic carbocycles. The molecule has 0 spiro atoms. The van der Waals surface area contributed by atoms with Gasteiger partial charge in [-0.05, 0) is 20.0 Å². The summed E-state index contributed by atoms with van der Waals surface area (Å²) in [6.45, 7) is 0.970. The molecule has 2 heterocycles. The Kier molecular flexibility index (Phi) is 4.76. The Labute approximate surface area is 126 Å². The van der Waals surface area contributed by atoms with Gasteiger partial charge in [-0.3, -0.25) is 14.2 Å². The molecule has 2 aromatic heterocycles. The molecule has 2 rings (SSSR count). The lowest BCUT2D eigenvalue weighted by Gasteiger charge is -2.09. The van der Waals surface area contributed by atoms with Gasteiger partial charge in [-0.25, -0.2) is 14.3 Å². The van der Waals surface area contributed by atoms with Crippen molar-refractivity contribution in [1.29, 1.82) is 0 Å². The highest BCUT2D eigenvalue weighted by Crippen LogP contribution is 2.02. The van der Waals surface area contributed by atoms with Crippen molar-refractivity contribution in [2.24, 2.45) is 14.1 Å². The number of imidazole rings is 1. The van der Waals surface area contributed by atoms with Gasteiger partial charge in [0.2, 0.25) is 5.91 Å². The Hall–Kier alpha value is -2.42. The lowest BCUT2D eigenvalue weighted by Crippen LogP contribution is -2.43. The summed E-state index contributed by atoms with van der Waals surface area (Å²) < 4.78 is 3.74. The van der Waals surface area contributed by atoms with Crippen LogP contribution in [0.3, 0.4) is 0 Å². The van der Waals surface area contributed by atoms with Crippen LogP contribution >= 0.6 is 0 Å². The summed E-state index contributed by atoms with van der Waals surface area (Å²) in [5.41, 5.74) is -0.460. The van der Waals surface area contributed by atoms with E-state index in [0.29, 0.717) is 17.7 Å². The summed E-state index contributed by atoms with van der Waals surface area (Å²) in [6, 6.07) is 0. The summed E-state index contributed by atoms with van der Waals surface area (Å²) >= 11 is 0. The second kappa shape index (κ2) is 6.56. The molecule has 0 aliphatic carbocycles. The van der Waals surface area contributed by atoms with E-state index in [2.05, 4.69) is 15.6 Å². The van der Waals surface area contributed by atoms with Crippen LogP contribution in [0.4, 0.5) is 0 Å². The van der Waals surface area contributed by atoms with Gasteiger partial charge < -0.3 is 15.2 Å². The molecule has 0 unspecified atom stereocenters. The maximum Gasteiger partial charge on any atom is 0.332 e. The van der Waals surface area contributed by atoms with E-state index in [-0.39, 0.29) is 12.5 Å². The van der Waals surface area contributed by atoms with Crippen molar-refractivity contribution >= 4 is 17.1 Å². The number of carbonyl (C=O) groups is 1. The van der Waals surface area contributed by atoms with Crippen LogP contribution in [-0.2, 0) is 25.4 Å². The summed E-state index contributed by atoms with van der Waals surface area (Å²) in [5, 5.41) is 5.66. The number of hydrogen-bond acceptors (Lipinski definition) is 5. The number of amides is 1. The number of fused-ring (bicyclic) bond motifs is 1. The first-order valence-corrected chi connectivity index (χ1v) is 6.99. The molecule has 9 heteroatoms. The molecule has 0 fully saturated rings. The minimum absolute atomic E-state index is 0.296. The second-order valence-corrected chi connectivity index (χ2v) is 5.07. The summed E-state index contributed by atoms with van der Waals surface area (Å²) in [4.78, 5) is 40.5. The molecule has 0 bridgehead atoms. The van der Waals surface area contributed by atoms with E-state index < -0.39 is 11.2 Å². The van der Waals surface area contributed by atoms with E-state index >= 15 is 0 Å². The molecule has 0 saturated carbocycles. The predicted octanol–water partition coefficient (Wildman–Crippen LogP) is -1.84. The molecular formula is C13H20N6O3. The minimum atomic E-state index is -0.554. The Balaban J connectivity index is 2.28. The lowest BCUT2D eigenvalue weighted by atomic mass is 10.4. The van der Waals surface area contributed by atoms with Crippen molar-refractivity contribution in [2.75, 3.05) is 20.1 Å². The van der Waals surface area contributed by atoms with Gasteiger partial charge >= 0.3 is 5.69 Å². The standard InChI is InChI=1S/C13H20N6O3/c1-14-5-4-6-15-9(20)7-19-12(21)10-11(16-8-17(10)2)18(3)13(19)22/h8,14H,4-7H2,1-3H3,(H,15,20). The number of rotatable bonds is 6. The second-order valence-electron chi connectivity index (χ2n) is 5.07. The molecule has 0 radical (unpaired) electrons. The molecule has 9 nitrogen and oxygen atoms in total. The average Bonchev–Trinajstić information content (AvgIpc) is 2.88. The van der Waals surface area contributed by atoms with Gasteiger partial charge in [0, 0.05) is 20.6 Å². The largest absolute Gasteiger partial charge is 0.354 e. The third kappa shape index (κ3) is 2.93. The Morgan fingerprint density at radius 1 is 1.27 bits per heavy atom. The number of aromatic nitrogens is 4. The number of nitrogens with zero attached hydrogens (tertiary/aromatic N) is 4. The van der Waals surface area contributed by atoms with Crippen LogP contribution in [0.1, 0.15) is 6.42 Å². The molecule has 22 heavy (non-hydrogen) atoms. The number of hydrogen-bond donors (Lipinski definition) is 2. The van der Waals surface area contributed by atoms with E-state index in [0.717, 1.165) is 17.5 Å². The Morgan fingerprint density at radius 3 is 2.68 bits per heavy atom. The van der Waals surface area contributed by atoms with E-state index in [1.54, 1.807) is 11.6 Å². The maximum atomic E-state index is 12.4. The average molecular weight is 308 g/mol. The lowest BCUT2D eigenvalue weighted by molar-refractivity contribution is -0.121. The van der Waals surface area contributed by atoms with Crippen molar-refractivity contribution in [3.8, 4) is 0 Å². The Morgan fingerprint density at radius 2 is 2.00 bits per heavy atom. The predicted molar refractivity (Wildman–Crippen MR) is 81.8 cm³/mol. The highest BCUT2D eigenvalue weighted by molar-refractivity contribution is 5.76. The van der Waals surface area contributed by atoms with Gasteiger partial charge in [0.1, 0.15) is 6.54 Å². The zero-order chi connectivity index (χ0) is 16.3. The van der Waals surface area contributed by atoms with E-state index in [9.17, 15) is 14.4 Å². The van der Waals surface area contributed by atoms with Crippen molar-refractivity contribution in [1.82, 2.24) is 29.3 Å². The van der Waals surface area contributed by atoms with Crippen LogP contribution < -0.4 is 21.9 Å². The highest BCUT2D eigenvalue weighted by Gasteiger charge is 2.16. The number of aryl methyl sites for hydroxylation is 2. The fraction of sp³-hybridized carbons (Fsp3) is 0.538. The molecule has 0 atom stereocenters. The normalized spacial score (nSPS) is 11.0. The van der Waals surface area contributed by atoms with Gasteiger partial charge in [-0.15, -0.1) is 0 Å². The smallest absolute Gasteiger partial charge is 0.332 e. The molecule has 0 aliphatic rings. The summed E-state index contributed by atoms with van der Waals surface area (Å²) in [6.07, 6.45) is 2.24. The molecule has 2 aromatic rings. The van der Waals surface area contributed by atoms with Crippen molar-refractivity contribution in [2.45, 2.75) is 13.0 Å². The first-order chi connectivity index (χ1) is 10.5. The van der Waals surface area contributed by atoms with Crippen LogP contribution in [0.2, 0.25) is 0 Å². The van der Waals surface area contributed by atoms with Gasteiger partial charge in [0.05, 0.1) is 6.33 Å². The van der Waals surface area contributed by atoms with E-state index in [1.807, 2.05) is 7.05 Å². The molecular weight excluding hydrogens is 288 g/mol. The third-order valence-corrected chi connectivity index (χ3v) is 3.43. The molecule has 2 N–H and O–H groups in total. The van der Waals surface area contributed by atoms with Gasteiger partial charge in [0.15, 0.2) is 11.2 Å². The van der Waals surface area contributed by atoms with E-state index in [4.69, 9.17) is 0 Å². The quantitative estimate of drug-likeness (QED) is 0.610. The van der Waals surface area contributed by atoms with Crippen LogP contribution in [0, 0.1) is 0 Å². The topological polar surface area (TPSA) is 103 Å². The maximum absolute atomic E-state index is 12.4.